The summed E-state index contributed by atoms with van der Waals surface area (Å²) in [7, 11) is 0. The van der Waals surface area contributed by atoms with E-state index >= 15 is 0 Å². The van der Waals surface area contributed by atoms with E-state index in [1.807, 2.05) is 57.5 Å². The maximum atomic E-state index is 11.8. The lowest BCUT2D eigenvalue weighted by Crippen LogP contribution is -2.39. The highest BCUT2D eigenvalue weighted by Gasteiger charge is 2.18. The van der Waals surface area contributed by atoms with Crippen LogP contribution in [0, 0.1) is 6.92 Å². The van der Waals surface area contributed by atoms with E-state index in [1.54, 1.807) is 0 Å². The summed E-state index contributed by atoms with van der Waals surface area (Å²) < 4.78 is 7.18. The van der Waals surface area contributed by atoms with Crippen molar-refractivity contribution in [2.24, 2.45) is 0 Å². The van der Waals surface area contributed by atoms with Crippen LogP contribution in [0.25, 0.3) is 10.9 Å². The molecule has 5 nitrogen and oxygen atoms in total. The smallest absolute Gasteiger partial charge is 0.407 e. The van der Waals surface area contributed by atoms with Crippen LogP contribution in [0.5, 0.6) is 0 Å². The number of hydrogen-bond donors (Lipinski definition) is 1. The third kappa shape index (κ3) is 3.97. The summed E-state index contributed by atoms with van der Waals surface area (Å²) in [6, 6.07) is 8.02. The van der Waals surface area contributed by atoms with Gasteiger partial charge in [0.2, 0.25) is 0 Å². The molecule has 1 amide bonds. The van der Waals surface area contributed by atoms with E-state index in [9.17, 15) is 4.79 Å². The molecule has 21 heavy (non-hydrogen) atoms. The molecule has 0 radical (unpaired) electrons. The van der Waals surface area contributed by atoms with Crippen LogP contribution < -0.4 is 5.32 Å². The fraction of sp³-hybridized carbons (Fsp3) is 0.500. The van der Waals surface area contributed by atoms with Crippen molar-refractivity contribution in [3.63, 3.8) is 0 Å². The summed E-state index contributed by atoms with van der Waals surface area (Å²) >= 11 is 0. The molecule has 1 atom stereocenters. The van der Waals surface area contributed by atoms with Crippen LogP contribution in [0.4, 0.5) is 4.79 Å². The number of nitrogens with zero attached hydrogens (tertiary/aromatic N) is 2. The van der Waals surface area contributed by atoms with Crippen molar-refractivity contribution >= 4 is 17.0 Å². The number of aromatic nitrogens is 2. The minimum absolute atomic E-state index is 0.0671. The van der Waals surface area contributed by atoms with Crippen molar-refractivity contribution in [2.45, 2.75) is 52.8 Å². The average molecular weight is 289 g/mol. The van der Waals surface area contributed by atoms with Gasteiger partial charge in [0.25, 0.3) is 0 Å². The molecule has 0 aliphatic carbocycles. The van der Waals surface area contributed by atoms with Crippen LogP contribution in [0.1, 0.15) is 33.4 Å². The van der Waals surface area contributed by atoms with E-state index < -0.39 is 11.7 Å². The Morgan fingerprint density at radius 2 is 2.05 bits per heavy atom. The molecule has 0 saturated heterocycles. The molecule has 2 rings (SSSR count). The fourth-order valence-electron chi connectivity index (χ4n) is 2.25. The lowest BCUT2D eigenvalue weighted by atomic mass is 10.2. The lowest BCUT2D eigenvalue weighted by Gasteiger charge is -2.22. The van der Waals surface area contributed by atoms with Gasteiger partial charge in [-0.15, -0.1) is 0 Å². The number of fused-ring (bicyclic) bond motifs is 1. The number of para-hydroxylation sites is 1. The zero-order chi connectivity index (χ0) is 15.6. The number of nitrogens with one attached hydrogen (secondary N) is 1. The van der Waals surface area contributed by atoms with Crippen molar-refractivity contribution in [3.05, 3.63) is 30.0 Å². The number of aryl methyl sites for hydroxylation is 1. The highest BCUT2D eigenvalue weighted by molar-refractivity contribution is 5.81. The third-order valence-corrected chi connectivity index (χ3v) is 3.05. The van der Waals surface area contributed by atoms with Crippen LogP contribution in [0.3, 0.4) is 0 Å². The Balaban J connectivity index is 2.05. The van der Waals surface area contributed by atoms with Gasteiger partial charge < -0.3 is 10.1 Å². The van der Waals surface area contributed by atoms with Gasteiger partial charge in [0.1, 0.15) is 5.60 Å². The number of hydrogen-bond acceptors (Lipinski definition) is 3. The first-order valence-electron chi connectivity index (χ1n) is 7.18. The second-order valence-corrected chi connectivity index (χ2v) is 6.33. The Morgan fingerprint density at radius 3 is 2.71 bits per heavy atom. The predicted octanol–water partition coefficient (Wildman–Crippen LogP) is 3.26. The molecule has 0 spiro atoms. The van der Waals surface area contributed by atoms with E-state index in [2.05, 4.69) is 16.5 Å². The first-order valence-corrected chi connectivity index (χ1v) is 7.18. The highest BCUT2D eigenvalue weighted by Crippen LogP contribution is 2.17. The summed E-state index contributed by atoms with van der Waals surface area (Å²) in [5.41, 5.74) is 1.58. The molecule has 0 aliphatic rings. The van der Waals surface area contributed by atoms with Crippen molar-refractivity contribution in [1.82, 2.24) is 15.1 Å². The van der Waals surface area contributed by atoms with Crippen LogP contribution in [0.15, 0.2) is 24.3 Å². The zero-order valence-electron chi connectivity index (χ0n) is 13.3. The number of benzene rings is 1. The molecule has 5 heteroatoms. The Morgan fingerprint density at radius 1 is 1.38 bits per heavy atom. The summed E-state index contributed by atoms with van der Waals surface area (Å²) in [5, 5.41) is 8.51. The third-order valence-electron chi connectivity index (χ3n) is 3.05. The van der Waals surface area contributed by atoms with Gasteiger partial charge in [0, 0.05) is 11.4 Å². The second kappa shape index (κ2) is 5.76. The minimum Gasteiger partial charge on any atom is -0.444 e. The molecule has 0 aliphatic heterocycles. The number of amides is 1. The summed E-state index contributed by atoms with van der Waals surface area (Å²) in [6.07, 6.45) is -0.400. The quantitative estimate of drug-likeness (QED) is 0.943. The first-order chi connectivity index (χ1) is 9.76. The van der Waals surface area contributed by atoms with Crippen LogP contribution >= 0.6 is 0 Å². The van der Waals surface area contributed by atoms with Gasteiger partial charge in [-0.05, 0) is 40.7 Å². The van der Waals surface area contributed by atoms with Crippen LogP contribution in [0.2, 0.25) is 0 Å². The fourth-order valence-corrected chi connectivity index (χ4v) is 2.25. The number of carbonyl (C=O) groups excluding carboxylic acids is 1. The Kier molecular flexibility index (Phi) is 4.21. The van der Waals surface area contributed by atoms with Crippen molar-refractivity contribution in [1.29, 1.82) is 0 Å². The van der Waals surface area contributed by atoms with E-state index in [1.165, 1.54) is 0 Å². The Labute approximate surface area is 125 Å². The molecule has 1 aromatic heterocycles. The topological polar surface area (TPSA) is 56.2 Å². The second-order valence-electron chi connectivity index (χ2n) is 6.33. The van der Waals surface area contributed by atoms with Gasteiger partial charge in [-0.25, -0.2) is 4.79 Å². The normalized spacial score (nSPS) is 13.2. The molecule has 114 valence electrons. The SMILES string of the molecule is Cc1nn(CC(C)NC(=O)OC(C)(C)C)c2ccccc12. The molecule has 1 heterocycles. The lowest BCUT2D eigenvalue weighted by molar-refractivity contribution is 0.0504. The molecule has 1 aromatic carbocycles. The van der Waals surface area contributed by atoms with E-state index in [-0.39, 0.29) is 6.04 Å². The van der Waals surface area contributed by atoms with E-state index in [0.717, 1.165) is 16.6 Å². The Hall–Kier alpha value is -2.04. The first kappa shape index (κ1) is 15.4. The predicted molar refractivity (Wildman–Crippen MR) is 83.3 cm³/mol. The van der Waals surface area contributed by atoms with Gasteiger partial charge >= 0.3 is 6.09 Å². The Bertz CT molecular complexity index is 640. The van der Waals surface area contributed by atoms with E-state index in [0.29, 0.717) is 6.54 Å². The largest absolute Gasteiger partial charge is 0.444 e. The van der Waals surface area contributed by atoms with Gasteiger partial charge in [-0.2, -0.15) is 5.10 Å². The number of carbonyl (C=O) groups is 1. The van der Waals surface area contributed by atoms with Crippen molar-refractivity contribution < 1.29 is 9.53 Å². The molecule has 1 unspecified atom stereocenters. The maximum Gasteiger partial charge on any atom is 0.407 e. The van der Waals surface area contributed by atoms with Crippen molar-refractivity contribution in [2.75, 3.05) is 0 Å². The summed E-state index contributed by atoms with van der Waals surface area (Å²) in [5.74, 6) is 0. The number of alkyl carbamates (subject to hydrolysis) is 1. The molecule has 0 fully saturated rings. The average Bonchev–Trinajstić information content (AvgIpc) is 2.64. The monoisotopic (exact) mass is 289 g/mol. The van der Waals surface area contributed by atoms with Crippen LogP contribution in [-0.4, -0.2) is 27.5 Å². The molecule has 1 N–H and O–H groups in total. The molecule has 0 saturated carbocycles. The van der Waals surface area contributed by atoms with Gasteiger partial charge in [0.15, 0.2) is 0 Å². The molecular weight excluding hydrogens is 266 g/mol. The highest BCUT2D eigenvalue weighted by atomic mass is 16.6. The van der Waals surface area contributed by atoms with Gasteiger partial charge in [-0.1, -0.05) is 18.2 Å². The number of ether oxygens (including phenoxy) is 1. The van der Waals surface area contributed by atoms with Crippen LogP contribution in [-0.2, 0) is 11.3 Å². The molecule has 2 aromatic rings. The standard InChI is InChI=1S/C16H23N3O2/c1-11(17-15(20)21-16(3,4)5)10-19-14-9-7-6-8-13(14)12(2)18-19/h6-9,11H,10H2,1-5H3,(H,17,20). The van der Waals surface area contributed by atoms with E-state index in [4.69, 9.17) is 4.74 Å². The number of rotatable bonds is 3. The molecular formula is C16H23N3O2. The van der Waals surface area contributed by atoms with Crippen molar-refractivity contribution in [3.8, 4) is 0 Å². The summed E-state index contributed by atoms with van der Waals surface area (Å²) in [6.45, 7) is 10.1. The maximum absolute atomic E-state index is 11.8. The zero-order valence-corrected chi connectivity index (χ0v) is 13.3. The summed E-state index contributed by atoms with van der Waals surface area (Å²) in [4.78, 5) is 11.8. The van der Waals surface area contributed by atoms with Gasteiger partial charge in [0.05, 0.1) is 17.8 Å². The molecule has 0 bridgehead atoms. The van der Waals surface area contributed by atoms with Gasteiger partial charge in [-0.3, -0.25) is 4.68 Å². The minimum atomic E-state index is -0.487.